The van der Waals surface area contributed by atoms with E-state index in [0.717, 1.165) is 37.4 Å². The first-order valence-electron chi connectivity index (χ1n) is 8.76. The van der Waals surface area contributed by atoms with Gasteiger partial charge in [-0.3, -0.25) is 4.79 Å². The van der Waals surface area contributed by atoms with E-state index in [9.17, 15) is 4.79 Å². The Hall–Kier alpha value is -0.0100. The number of carbonyl (C=O) groups is 1. The molecule has 0 saturated carbocycles. The summed E-state index contributed by atoms with van der Waals surface area (Å²) in [6, 6.07) is 8.06. The van der Waals surface area contributed by atoms with Gasteiger partial charge in [-0.15, -0.1) is 0 Å². The van der Waals surface area contributed by atoms with Crippen molar-refractivity contribution < 1.29 is 9.53 Å². The lowest BCUT2D eigenvalue weighted by Crippen LogP contribution is -2.05. The highest BCUT2D eigenvalue weighted by Crippen LogP contribution is 2.44. The molecule has 0 bridgehead atoms. The molecule has 0 saturated heterocycles. The number of halogens is 4. The molecular weight excluding hydrogens is 604 g/mol. The predicted octanol–water partition coefficient (Wildman–Crippen LogP) is 7.68. The van der Waals surface area contributed by atoms with Crippen molar-refractivity contribution in [2.24, 2.45) is 11.8 Å². The number of carbonyl (C=O) groups excluding carboxylic acids is 1. The molecule has 0 N–H and O–H groups in total. The maximum absolute atomic E-state index is 11.7. The third kappa shape index (κ3) is 4.16. The second-order valence-electron chi connectivity index (χ2n) is 7.11. The number of ketones is 1. The Morgan fingerprint density at radius 2 is 1.41 bits per heavy atom. The molecule has 27 heavy (non-hydrogen) atoms. The van der Waals surface area contributed by atoms with Crippen LogP contribution < -0.4 is 0 Å². The summed E-state index contributed by atoms with van der Waals surface area (Å²) in [4.78, 5) is 11.7. The molecule has 2 aliphatic rings. The van der Waals surface area contributed by atoms with Gasteiger partial charge < -0.3 is 4.74 Å². The van der Waals surface area contributed by atoms with Crippen LogP contribution in [0.2, 0.25) is 0 Å². The third-order valence-electron chi connectivity index (χ3n) is 5.24. The minimum absolute atomic E-state index is 0.130. The summed E-state index contributed by atoms with van der Waals surface area (Å²) in [5.41, 5.74) is 4.71. The van der Waals surface area contributed by atoms with Gasteiger partial charge in [0.05, 0.1) is 6.10 Å². The van der Waals surface area contributed by atoms with Gasteiger partial charge in [-0.05, 0) is 59.7 Å². The second-order valence-corrected chi connectivity index (χ2v) is 10.5. The van der Waals surface area contributed by atoms with Gasteiger partial charge in [0, 0.05) is 36.5 Å². The summed E-state index contributed by atoms with van der Waals surface area (Å²) in [6.45, 7) is 4.20. The van der Waals surface area contributed by atoms with Gasteiger partial charge in [-0.25, -0.2) is 0 Å². The fourth-order valence-electron chi connectivity index (χ4n) is 3.89. The number of benzene rings is 2. The van der Waals surface area contributed by atoms with Crippen molar-refractivity contribution in [3.8, 4) is 0 Å². The van der Waals surface area contributed by atoms with Crippen LogP contribution in [0, 0.1) is 11.8 Å². The largest absolute Gasteiger partial charge is 0.376 e. The Morgan fingerprint density at radius 3 is 2.00 bits per heavy atom. The van der Waals surface area contributed by atoms with E-state index in [-0.39, 0.29) is 17.8 Å². The Morgan fingerprint density at radius 1 is 0.852 bits per heavy atom. The molecule has 0 amide bonds. The molecule has 0 fully saturated rings. The maximum Gasteiger partial charge on any atom is 0.167 e. The fourth-order valence-corrected chi connectivity index (χ4v) is 6.06. The summed E-state index contributed by atoms with van der Waals surface area (Å²) < 4.78 is 9.85. The fraction of sp³-hybridized carbons (Fsp3) is 0.381. The van der Waals surface area contributed by atoms with Crippen LogP contribution in [-0.4, -0.2) is 12.9 Å². The third-order valence-corrected chi connectivity index (χ3v) is 8.08. The van der Waals surface area contributed by atoms with Crippen LogP contribution in [0.15, 0.2) is 42.2 Å². The standard InChI is InChI=1S/C11H12Br2O.C10H8Br2O/c1-6-5-7-8(12)3-4-9(13)10(7)11(6)14-2;1-5-4-6-7(11)2-3-8(12)9(6)10(5)13/h3-4,6,11H,5H2,1-2H3;2-3,5H,4H2,1H3. The van der Waals surface area contributed by atoms with Crippen LogP contribution in [0.3, 0.4) is 0 Å². The van der Waals surface area contributed by atoms with Crippen LogP contribution in [-0.2, 0) is 17.6 Å². The lowest BCUT2D eigenvalue weighted by Gasteiger charge is -2.15. The molecule has 0 heterocycles. The van der Waals surface area contributed by atoms with Crippen molar-refractivity contribution in [3.63, 3.8) is 0 Å². The molecule has 144 valence electrons. The predicted molar refractivity (Wildman–Crippen MR) is 124 cm³/mol. The Bertz CT molecular complexity index is 894. The van der Waals surface area contributed by atoms with Gasteiger partial charge in [-0.2, -0.15) is 0 Å². The number of fused-ring (bicyclic) bond motifs is 2. The number of hydrogen-bond donors (Lipinski definition) is 0. The Labute approximate surface area is 194 Å². The molecule has 6 heteroatoms. The van der Waals surface area contributed by atoms with Crippen LogP contribution in [0.25, 0.3) is 0 Å². The maximum atomic E-state index is 11.7. The molecule has 0 radical (unpaired) electrons. The molecule has 3 atom stereocenters. The van der Waals surface area contributed by atoms with E-state index in [4.69, 9.17) is 4.74 Å². The zero-order valence-electron chi connectivity index (χ0n) is 15.3. The van der Waals surface area contributed by atoms with E-state index < -0.39 is 0 Å². The first kappa shape index (κ1) is 21.7. The number of methoxy groups -OCH3 is 1. The smallest absolute Gasteiger partial charge is 0.167 e. The Balaban J connectivity index is 0.000000156. The number of hydrogen-bond acceptors (Lipinski definition) is 2. The summed E-state index contributed by atoms with van der Waals surface area (Å²) in [6.07, 6.45) is 2.18. The van der Waals surface area contributed by atoms with E-state index in [1.54, 1.807) is 7.11 Å². The summed E-state index contributed by atoms with van der Waals surface area (Å²) in [7, 11) is 1.78. The monoisotopic (exact) mass is 620 g/mol. The summed E-state index contributed by atoms with van der Waals surface area (Å²) >= 11 is 14.0. The van der Waals surface area contributed by atoms with Crippen molar-refractivity contribution in [2.75, 3.05) is 7.11 Å². The van der Waals surface area contributed by atoms with E-state index in [1.165, 1.54) is 15.6 Å². The minimum atomic E-state index is 0.130. The highest BCUT2D eigenvalue weighted by atomic mass is 79.9. The van der Waals surface area contributed by atoms with Crippen molar-refractivity contribution >= 4 is 69.5 Å². The van der Waals surface area contributed by atoms with Gasteiger partial charge in [0.25, 0.3) is 0 Å². The molecule has 2 aliphatic carbocycles. The minimum Gasteiger partial charge on any atom is -0.376 e. The van der Waals surface area contributed by atoms with Gasteiger partial charge in [0.1, 0.15) is 0 Å². The van der Waals surface area contributed by atoms with E-state index in [2.05, 4.69) is 82.8 Å². The first-order chi connectivity index (χ1) is 12.8. The Kier molecular flexibility index (Phi) is 7.06. The van der Waals surface area contributed by atoms with Crippen LogP contribution in [0.4, 0.5) is 0 Å². The molecule has 2 aromatic carbocycles. The normalized spacial score (nSPS) is 22.9. The summed E-state index contributed by atoms with van der Waals surface area (Å²) in [5, 5.41) is 0. The molecule has 3 unspecified atom stereocenters. The highest BCUT2D eigenvalue weighted by Gasteiger charge is 2.32. The molecule has 2 aromatic rings. The van der Waals surface area contributed by atoms with Crippen molar-refractivity contribution in [1.82, 2.24) is 0 Å². The number of rotatable bonds is 1. The molecule has 0 aliphatic heterocycles. The average molecular weight is 624 g/mol. The molecule has 0 aromatic heterocycles. The molecule has 2 nitrogen and oxygen atoms in total. The van der Waals surface area contributed by atoms with Gasteiger partial charge >= 0.3 is 0 Å². The average Bonchev–Trinajstić information content (AvgIpc) is 3.14. The number of ether oxygens (including phenoxy) is 1. The summed E-state index contributed by atoms with van der Waals surface area (Å²) in [5.74, 6) is 0.943. The van der Waals surface area contributed by atoms with E-state index in [0.29, 0.717) is 5.92 Å². The van der Waals surface area contributed by atoms with Crippen LogP contribution in [0.5, 0.6) is 0 Å². The molecular formula is C21H20Br4O2. The van der Waals surface area contributed by atoms with E-state index >= 15 is 0 Å². The van der Waals surface area contributed by atoms with Crippen molar-refractivity contribution in [1.29, 1.82) is 0 Å². The lowest BCUT2D eigenvalue weighted by molar-refractivity contribution is 0.0690. The van der Waals surface area contributed by atoms with Gasteiger partial charge in [0.15, 0.2) is 5.78 Å². The zero-order chi connectivity index (χ0) is 19.9. The first-order valence-corrected chi connectivity index (χ1v) is 11.9. The zero-order valence-corrected chi connectivity index (χ0v) is 21.6. The van der Waals surface area contributed by atoms with Crippen molar-refractivity contribution in [2.45, 2.75) is 32.8 Å². The van der Waals surface area contributed by atoms with Gasteiger partial charge in [-0.1, -0.05) is 77.6 Å². The quantitative estimate of drug-likeness (QED) is 0.326. The van der Waals surface area contributed by atoms with Crippen LogP contribution in [0.1, 0.15) is 47.0 Å². The number of Topliss-reactive ketones (excluding diaryl/α,β-unsaturated/α-hetero) is 1. The molecule has 0 spiro atoms. The van der Waals surface area contributed by atoms with Gasteiger partial charge in [0.2, 0.25) is 0 Å². The van der Waals surface area contributed by atoms with E-state index in [1.807, 2.05) is 19.1 Å². The van der Waals surface area contributed by atoms with Crippen molar-refractivity contribution in [3.05, 3.63) is 64.4 Å². The lowest BCUT2D eigenvalue weighted by atomic mass is 10.1. The topological polar surface area (TPSA) is 26.3 Å². The van der Waals surface area contributed by atoms with Crippen LogP contribution >= 0.6 is 63.7 Å². The second kappa shape index (κ2) is 8.78. The SMILES string of the molecule is CC1Cc2c(Br)ccc(Br)c2C1=O.COC1c2c(Br)ccc(Br)c2CC1C. The highest BCUT2D eigenvalue weighted by molar-refractivity contribution is 9.11. The molecule has 4 rings (SSSR count).